The Labute approximate surface area is 83.8 Å². The van der Waals surface area contributed by atoms with Crippen LogP contribution in [0.15, 0.2) is 0 Å². The first kappa shape index (κ1) is 11.3. The predicted octanol–water partition coefficient (Wildman–Crippen LogP) is -0.153. The lowest BCUT2D eigenvalue weighted by Crippen LogP contribution is -2.57. The van der Waals surface area contributed by atoms with Gasteiger partial charge in [0, 0.05) is 19.8 Å². The average molecular weight is 202 g/mol. The molecule has 3 N–H and O–H groups in total. The zero-order valence-corrected chi connectivity index (χ0v) is 8.51. The number of ether oxygens (including phenoxy) is 1. The maximum Gasteiger partial charge on any atom is 0.315 e. The molecular weight excluding hydrogens is 184 g/mol. The molecule has 0 unspecified atom stereocenters. The van der Waals surface area contributed by atoms with E-state index in [4.69, 9.17) is 4.74 Å². The summed E-state index contributed by atoms with van der Waals surface area (Å²) in [5, 5.41) is 14.7. The minimum atomic E-state index is -0.489. The first-order valence-corrected chi connectivity index (χ1v) is 4.97. The van der Waals surface area contributed by atoms with Gasteiger partial charge in [-0.2, -0.15) is 0 Å². The van der Waals surface area contributed by atoms with Gasteiger partial charge in [-0.25, -0.2) is 4.79 Å². The summed E-state index contributed by atoms with van der Waals surface area (Å²) in [6, 6.07) is -0.219. The van der Waals surface area contributed by atoms with Crippen molar-refractivity contribution >= 4 is 6.03 Å². The van der Waals surface area contributed by atoms with E-state index in [1.165, 1.54) is 0 Å². The van der Waals surface area contributed by atoms with Crippen LogP contribution in [0.5, 0.6) is 0 Å². The number of aliphatic hydroxyl groups excluding tert-OH is 1. The lowest BCUT2D eigenvalue weighted by Gasteiger charge is -2.36. The second-order valence-electron chi connectivity index (χ2n) is 3.54. The second kappa shape index (κ2) is 5.17. The number of aliphatic hydroxyl groups is 1. The van der Waals surface area contributed by atoms with Crippen molar-refractivity contribution < 1.29 is 14.6 Å². The van der Waals surface area contributed by atoms with Gasteiger partial charge < -0.3 is 20.5 Å². The average Bonchev–Trinajstić information content (AvgIpc) is 2.19. The fourth-order valence-corrected chi connectivity index (χ4v) is 1.53. The molecule has 0 radical (unpaired) electrons. The zero-order valence-electron chi connectivity index (χ0n) is 8.51. The van der Waals surface area contributed by atoms with Crippen molar-refractivity contribution in [3.8, 4) is 0 Å². The van der Waals surface area contributed by atoms with Crippen LogP contribution in [0.4, 0.5) is 4.79 Å². The predicted molar refractivity (Wildman–Crippen MR) is 52.1 cm³/mol. The van der Waals surface area contributed by atoms with E-state index in [0.29, 0.717) is 32.6 Å². The van der Waals surface area contributed by atoms with Crippen molar-refractivity contribution in [2.45, 2.75) is 25.3 Å². The highest BCUT2D eigenvalue weighted by atomic mass is 16.5. The molecule has 82 valence electrons. The fourth-order valence-electron chi connectivity index (χ4n) is 1.53. The van der Waals surface area contributed by atoms with E-state index in [9.17, 15) is 9.90 Å². The van der Waals surface area contributed by atoms with Crippen molar-refractivity contribution in [3.05, 3.63) is 0 Å². The van der Waals surface area contributed by atoms with Gasteiger partial charge in [0.2, 0.25) is 0 Å². The molecule has 0 atom stereocenters. The van der Waals surface area contributed by atoms with E-state index in [1.807, 2.05) is 6.92 Å². The van der Waals surface area contributed by atoms with Gasteiger partial charge >= 0.3 is 6.03 Å². The number of hydrogen-bond donors (Lipinski definition) is 3. The Hall–Kier alpha value is -0.810. The van der Waals surface area contributed by atoms with Gasteiger partial charge in [0.1, 0.15) is 0 Å². The number of urea groups is 1. The number of carbonyl (C=O) groups excluding carboxylic acids is 1. The maximum atomic E-state index is 11.3. The third-order valence-corrected chi connectivity index (χ3v) is 2.47. The van der Waals surface area contributed by atoms with Gasteiger partial charge in [-0.05, 0) is 19.8 Å². The summed E-state index contributed by atoms with van der Waals surface area (Å²) in [5.74, 6) is 0. The summed E-state index contributed by atoms with van der Waals surface area (Å²) in [7, 11) is 0. The lowest BCUT2D eigenvalue weighted by atomic mass is 9.91. The summed E-state index contributed by atoms with van der Waals surface area (Å²) >= 11 is 0. The molecule has 1 saturated heterocycles. The first-order chi connectivity index (χ1) is 6.72. The Morgan fingerprint density at radius 2 is 2.14 bits per heavy atom. The fraction of sp³-hybridized carbons (Fsp3) is 0.889. The van der Waals surface area contributed by atoms with E-state index in [2.05, 4.69) is 10.6 Å². The monoisotopic (exact) mass is 202 g/mol. The highest BCUT2D eigenvalue weighted by molar-refractivity contribution is 5.74. The molecule has 0 bridgehead atoms. The quantitative estimate of drug-likeness (QED) is 0.596. The van der Waals surface area contributed by atoms with Gasteiger partial charge in [-0.3, -0.25) is 0 Å². The third kappa shape index (κ3) is 2.85. The SMILES string of the molecule is CCNC(=O)NC1(CO)CCOCC1. The van der Waals surface area contributed by atoms with E-state index in [0.717, 1.165) is 0 Å². The Kier molecular flexibility index (Phi) is 4.16. The molecule has 0 aromatic heterocycles. The largest absolute Gasteiger partial charge is 0.394 e. The molecule has 5 heteroatoms. The van der Waals surface area contributed by atoms with Crippen LogP contribution in [-0.2, 0) is 4.74 Å². The van der Waals surface area contributed by atoms with Crippen LogP contribution < -0.4 is 10.6 Å². The Morgan fingerprint density at radius 3 is 2.64 bits per heavy atom. The molecule has 14 heavy (non-hydrogen) atoms. The van der Waals surface area contributed by atoms with Gasteiger partial charge in [0.15, 0.2) is 0 Å². The number of rotatable bonds is 3. The number of carbonyl (C=O) groups is 1. The van der Waals surface area contributed by atoms with Crippen molar-refractivity contribution in [2.75, 3.05) is 26.4 Å². The molecule has 0 aromatic rings. The summed E-state index contributed by atoms with van der Waals surface area (Å²) in [6.45, 7) is 3.59. The minimum absolute atomic E-state index is 0.0342. The molecule has 0 spiro atoms. The Bertz CT molecular complexity index is 190. The highest BCUT2D eigenvalue weighted by Gasteiger charge is 2.33. The minimum Gasteiger partial charge on any atom is -0.394 e. The standard InChI is InChI=1S/C9H18N2O3/c1-2-10-8(13)11-9(7-12)3-5-14-6-4-9/h12H,2-7H2,1H3,(H2,10,11,13). The molecule has 2 amide bonds. The Morgan fingerprint density at radius 1 is 1.50 bits per heavy atom. The highest BCUT2D eigenvalue weighted by Crippen LogP contribution is 2.19. The van der Waals surface area contributed by atoms with Crippen LogP contribution in [0.1, 0.15) is 19.8 Å². The smallest absolute Gasteiger partial charge is 0.315 e. The van der Waals surface area contributed by atoms with Crippen molar-refractivity contribution in [1.29, 1.82) is 0 Å². The van der Waals surface area contributed by atoms with Crippen LogP contribution in [0.3, 0.4) is 0 Å². The first-order valence-electron chi connectivity index (χ1n) is 4.97. The van der Waals surface area contributed by atoms with E-state index >= 15 is 0 Å². The number of nitrogens with one attached hydrogen (secondary N) is 2. The molecule has 0 saturated carbocycles. The van der Waals surface area contributed by atoms with Gasteiger partial charge in [0.05, 0.1) is 12.1 Å². The molecule has 1 heterocycles. The normalized spacial score (nSPS) is 20.1. The summed E-state index contributed by atoms with van der Waals surface area (Å²) in [6.07, 6.45) is 1.33. The van der Waals surface area contributed by atoms with Crippen molar-refractivity contribution in [1.82, 2.24) is 10.6 Å². The van der Waals surface area contributed by atoms with Crippen molar-refractivity contribution in [2.24, 2.45) is 0 Å². The molecular formula is C9H18N2O3. The number of hydrogen-bond acceptors (Lipinski definition) is 3. The van der Waals surface area contributed by atoms with Crippen molar-refractivity contribution in [3.63, 3.8) is 0 Å². The lowest BCUT2D eigenvalue weighted by molar-refractivity contribution is 0.0172. The third-order valence-electron chi connectivity index (χ3n) is 2.47. The Balaban J connectivity index is 2.47. The maximum absolute atomic E-state index is 11.3. The van der Waals surface area contributed by atoms with Gasteiger partial charge in [0.25, 0.3) is 0 Å². The molecule has 1 rings (SSSR count). The van der Waals surface area contributed by atoms with E-state index < -0.39 is 5.54 Å². The molecule has 1 fully saturated rings. The van der Waals surface area contributed by atoms with Crippen LogP contribution in [0, 0.1) is 0 Å². The molecule has 1 aliphatic heterocycles. The molecule has 5 nitrogen and oxygen atoms in total. The van der Waals surface area contributed by atoms with Gasteiger partial charge in [-0.15, -0.1) is 0 Å². The molecule has 1 aliphatic rings. The van der Waals surface area contributed by atoms with Crippen LogP contribution in [-0.4, -0.2) is 43.0 Å². The molecule has 0 aromatic carbocycles. The molecule has 0 aliphatic carbocycles. The summed E-state index contributed by atoms with van der Waals surface area (Å²) < 4.78 is 5.19. The number of amides is 2. The van der Waals surface area contributed by atoms with Gasteiger partial charge in [-0.1, -0.05) is 0 Å². The van der Waals surface area contributed by atoms with Crippen LogP contribution >= 0.6 is 0 Å². The van der Waals surface area contributed by atoms with E-state index in [-0.39, 0.29) is 12.6 Å². The zero-order chi connectivity index (χ0) is 10.4. The summed E-state index contributed by atoms with van der Waals surface area (Å²) in [4.78, 5) is 11.3. The van der Waals surface area contributed by atoms with Crippen LogP contribution in [0.2, 0.25) is 0 Å². The van der Waals surface area contributed by atoms with E-state index in [1.54, 1.807) is 0 Å². The van der Waals surface area contributed by atoms with Crippen LogP contribution in [0.25, 0.3) is 0 Å². The second-order valence-corrected chi connectivity index (χ2v) is 3.54. The summed E-state index contributed by atoms with van der Waals surface area (Å²) in [5.41, 5.74) is -0.489. The topological polar surface area (TPSA) is 70.6 Å².